The number of anilines is 1. The molecule has 1 aliphatic rings. The number of piperidine rings is 1. The van der Waals surface area contributed by atoms with E-state index < -0.39 is 29.6 Å². The minimum Gasteiger partial charge on any atom is -0.480 e. The first-order valence-electron chi connectivity index (χ1n) is 12.5. The van der Waals surface area contributed by atoms with E-state index in [0.29, 0.717) is 25.9 Å². The summed E-state index contributed by atoms with van der Waals surface area (Å²) in [6.45, 7) is 0.821. The molecule has 3 amide bonds. The molecule has 1 atom stereocenters. The summed E-state index contributed by atoms with van der Waals surface area (Å²) in [4.78, 5) is 57.6. The van der Waals surface area contributed by atoms with Gasteiger partial charge in [0, 0.05) is 36.8 Å². The molecule has 1 aromatic heterocycles. The highest BCUT2D eigenvalue weighted by Gasteiger charge is 2.37. The number of nitrogens with zero attached hydrogens (tertiary/aromatic N) is 2. The third-order valence-corrected chi connectivity index (χ3v) is 7.68. The summed E-state index contributed by atoms with van der Waals surface area (Å²) in [6, 6.07) is 12.6. The van der Waals surface area contributed by atoms with Crippen LogP contribution < -0.4 is 21.6 Å². The van der Waals surface area contributed by atoms with Crippen LogP contribution in [0, 0.1) is 0 Å². The SMILES string of the molecule is CNC1(c2ccccc2)CCN(C(=O)NC(Cc2cnc(=O)[nH]c2NC(=O)c2c(Cl)cccc2Cl)C(=O)O)CC1. The van der Waals surface area contributed by atoms with E-state index in [4.69, 9.17) is 23.2 Å². The monoisotopic (exact) mass is 586 g/mol. The lowest BCUT2D eigenvalue weighted by molar-refractivity contribution is -0.139. The fourth-order valence-electron chi connectivity index (χ4n) is 4.77. The van der Waals surface area contributed by atoms with Gasteiger partial charge in [-0.3, -0.25) is 9.78 Å². The van der Waals surface area contributed by atoms with Crippen molar-refractivity contribution in [3.63, 3.8) is 0 Å². The zero-order valence-electron chi connectivity index (χ0n) is 21.5. The lowest BCUT2D eigenvalue weighted by Gasteiger charge is -2.42. The van der Waals surface area contributed by atoms with Gasteiger partial charge in [0.25, 0.3) is 5.91 Å². The van der Waals surface area contributed by atoms with Gasteiger partial charge in [-0.25, -0.2) is 19.4 Å². The van der Waals surface area contributed by atoms with Crippen LogP contribution in [-0.4, -0.2) is 64.1 Å². The van der Waals surface area contributed by atoms with Gasteiger partial charge in [0.2, 0.25) is 0 Å². The van der Waals surface area contributed by atoms with Crippen LogP contribution in [-0.2, 0) is 16.8 Å². The van der Waals surface area contributed by atoms with Gasteiger partial charge in [-0.05, 0) is 37.6 Å². The van der Waals surface area contributed by atoms with Crippen molar-refractivity contribution in [1.29, 1.82) is 0 Å². The van der Waals surface area contributed by atoms with Crippen LogP contribution in [0.5, 0.6) is 0 Å². The van der Waals surface area contributed by atoms with Crippen molar-refractivity contribution < 1.29 is 19.5 Å². The first-order chi connectivity index (χ1) is 19.1. The Balaban J connectivity index is 1.46. The smallest absolute Gasteiger partial charge is 0.346 e. The average Bonchev–Trinajstić information content (AvgIpc) is 2.94. The molecule has 0 spiro atoms. The number of aromatic nitrogens is 2. The summed E-state index contributed by atoms with van der Waals surface area (Å²) in [5.74, 6) is -2.09. The average molecular weight is 587 g/mol. The number of halogens is 2. The first kappa shape index (κ1) is 29.1. The largest absolute Gasteiger partial charge is 0.480 e. The number of rotatable bonds is 8. The minimum atomic E-state index is -1.37. The van der Waals surface area contributed by atoms with Gasteiger partial charge < -0.3 is 26.0 Å². The summed E-state index contributed by atoms with van der Waals surface area (Å²) >= 11 is 12.2. The maximum absolute atomic E-state index is 13.1. The number of H-pyrrole nitrogens is 1. The van der Waals surface area contributed by atoms with Gasteiger partial charge in [-0.1, -0.05) is 59.6 Å². The normalized spacial score (nSPS) is 15.2. The molecule has 1 fully saturated rings. The Hall–Kier alpha value is -3.93. The molecule has 4 rings (SSSR count). The van der Waals surface area contributed by atoms with Crippen LogP contribution in [0.2, 0.25) is 10.0 Å². The molecular weight excluding hydrogens is 559 g/mol. The molecule has 2 heterocycles. The lowest BCUT2D eigenvalue weighted by atomic mass is 9.81. The Labute approximate surface area is 239 Å². The number of carbonyl (C=O) groups excluding carboxylic acids is 2. The van der Waals surface area contributed by atoms with Crippen LogP contribution in [0.4, 0.5) is 10.6 Å². The molecule has 0 radical (unpaired) electrons. The zero-order chi connectivity index (χ0) is 28.9. The number of carboxylic acid groups (broad SMARTS) is 1. The second kappa shape index (κ2) is 12.5. The molecule has 13 heteroatoms. The third kappa shape index (κ3) is 6.44. The topological polar surface area (TPSA) is 157 Å². The van der Waals surface area contributed by atoms with E-state index in [9.17, 15) is 24.3 Å². The van der Waals surface area contributed by atoms with Crippen LogP contribution >= 0.6 is 23.2 Å². The predicted molar refractivity (Wildman–Crippen MR) is 151 cm³/mol. The summed E-state index contributed by atoms with van der Waals surface area (Å²) in [5, 5.41) is 18.5. The molecule has 0 saturated carbocycles. The van der Waals surface area contributed by atoms with E-state index >= 15 is 0 Å². The second-order valence-electron chi connectivity index (χ2n) is 9.37. The van der Waals surface area contributed by atoms with Crippen molar-refractivity contribution in [1.82, 2.24) is 25.5 Å². The molecule has 3 aromatic rings. The number of nitrogens with one attached hydrogen (secondary N) is 4. The van der Waals surface area contributed by atoms with Gasteiger partial charge in [0.05, 0.1) is 15.6 Å². The number of hydrogen-bond donors (Lipinski definition) is 5. The Kier molecular flexibility index (Phi) is 9.08. The molecule has 40 heavy (non-hydrogen) atoms. The van der Waals surface area contributed by atoms with Gasteiger partial charge in [-0.15, -0.1) is 0 Å². The number of aromatic amines is 1. The van der Waals surface area contributed by atoms with E-state index in [-0.39, 0.29) is 38.9 Å². The Bertz CT molecular complexity index is 1440. The highest BCUT2D eigenvalue weighted by atomic mass is 35.5. The lowest BCUT2D eigenvalue weighted by Crippen LogP contribution is -2.55. The summed E-state index contributed by atoms with van der Waals surface area (Å²) in [6.07, 6.45) is 2.16. The number of carboxylic acids is 1. The number of carbonyl (C=O) groups is 3. The van der Waals surface area contributed by atoms with E-state index in [1.54, 1.807) is 11.0 Å². The summed E-state index contributed by atoms with van der Waals surface area (Å²) in [7, 11) is 1.89. The summed E-state index contributed by atoms with van der Waals surface area (Å²) < 4.78 is 0. The van der Waals surface area contributed by atoms with Crippen molar-refractivity contribution >= 4 is 46.9 Å². The van der Waals surface area contributed by atoms with Crippen LogP contribution in [0.3, 0.4) is 0 Å². The first-order valence-corrected chi connectivity index (χ1v) is 13.3. The van der Waals surface area contributed by atoms with Crippen molar-refractivity contribution in [2.45, 2.75) is 30.8 Å². The molecule has 0 bridgehead atoms. The molecule has 1 saturated heterocycles. The number of aliphatic carboxylic acids is 1. The Morgan fingerprint density at radius 2 is 1.73 bits per heavy atom. The van der Waals surface area contributed by atoms with Gasteiger partial charge in [0.15, 0.2) is 0 Å². The molecule has 5 N–H and O–H groups in total. The number of amides is 3. The van der Waals surface area contributed by atoms with E-state index in [0.717, 1.165) is 11.8 Å². The molecule has 0 aliphatic carbocycles. The highest BCUT2D eigenvalue weighted by molar-refractivity contribution is 6.40. The Morgan fingerprint density at radius 1 is 1.07 bits per heavy atom. The zero-order valence-corrected chi connectivity index (χ0v) is 23.1. The maximum Gasteiger partial charge on any atom is 0.346 e. The van der Waals surface area contributed by atoms with Crippen LogP contribution in [0.1, 0.15) is 34.3 Å². The fraction of sp³-hybridized carbons (Fsp3) is 0.296. The predicted octanol–water partition coefficient (Wildman–Crippen LogP) is 3.25. The third-order valence-electron chi connectivity index (χ3n) is 7.05. The van der Waals surface area contributed by atoms with E-state index in [1.165, 1.54) is 12.1 Å². The van der Waals surface area contributed by atoms with E-state index in [2.05, 4.69) is 25.9 Å². The van der Waals surface area contributed by atoms with E-state index in [1.807, 2.05) is 37.4 Å². The Morgan fingerprint density at radius 3 is 2.33 bits per heavy atom. The number of likely N-dealkylation sites (tertiary alicyclic amines) is 1. The van der Waals surface area contributed by atoms with Crippen LogP contribution in [0.15, 0.2) is 59.5 Å². The molecular formula is C27H28Cl2N6O5. The molecule has 11 nitrogen and oxygen atoms in total. The fourth-order valence-corrected chi connectivity index (χ4v) is 5.34. The molecule has 1 unspecified atom stereocenters. The van der Waals surface area contributed by atoms with Crippen molar-refractivity contribution in [2.24, 2.45) is 0 Å². The maximum atomic E-state index is 13.1. The molecule has 2 aromatic carbocycles. The van der Waals surface area contributed by atoms with Crippen LogP contribution in [0.25, 0.3) is 0 Å². The molecule has 1 aliphatic heterocycles. The van der Waals surface area contributed by atoms with Gasteiger partial charge in [-0.2, -0.15) is 0 Å². The van der Waals surface area contributed by atoms with Gasteiger partial charge >= 0.3 is 17.7 Å². The second-order valence-corrected chi connectivity index (χ2v) is 10.2. The summed E-state index contributed by atoms with van der Waals surface area (Å²) in [5.41, 5.74) is 0.236. The molecule has 210 valence electrons. The quantitative estimate of drug-likeness (QED) is 0.271. The number of benzene rings is 2. The number of hydrogen-bond acceptors (Lipinski definition) is 6. The van der Waals surface area contributed by atoms with Crippen molar-refractivity contribution in [2.75, 3.05) is 25.5 Å². The van der Waals surface area contributed by atoms with Crippen molar-refractivity contribution in [3.8, 4) is 0 Å². The van der Waals surface area contributed by atoms with Crippen molar-refractivity contribution in [3.05, 3.63) is 91.9 Å². The highest BCUT2D eigenvalue weighted by Crippen LogP contribution is 2.32. The standard InChI is InChI=1S/C27H28Cl2N6O5/c1-30-27(17-6-3-2-4-7-17)10-12-35(13-11-27)26(40)32-20(24(37)38)14-16-15-31-25(39)34-22(16)33-23(36)21-18(28)8-5-9-19(21)29/h2-9,15,20,30H,10-14H2,1H3,(H,32,40)(H,37,38)(H2,31,33,34,36,39). The van der Waals surface area contributed by atoms with Gasteiger partial charge in [0.1, 0.15) is 11.9 Å². The number of urea groups is 1. The minimum absolute atomic E-state index is 0.0178.